The molecule has 1 saturated heterocycles. The first-order chi connectivity index (χ1) is 18.0. The number of carbonyl (C=O) groups is 1. The van der Waals surface area contributed by atoms with Gasteiger partial charge >= 0.3 is 0 Å². The summed E-state index contributed by atoms with van der Waals surface area (Å²) in [5.41, 5.74) is 0.279. The summed E-state index contributed by atoms with van der Waals surface area (Å²) < 4.78 is 27.7. The molecule has 37 heavy (non-hydrogen) atoms. The van der Waals surface area contributed by atoms with Gasteiger partial charge in [-0.3, -0.25) is 14.4 Å². The average molecular weight is 504 g/mol. The second-order valence-electron chi connectivity index (χ2n) is 8.93. The van der Waals surface area contributed by atoms with Crippen molar-refractivity contribution in [2.45, 2.75) is 38.6 Å². The fourth-order valence-corrected chi connectivity index (χ4v) is 4.35. The minimum absolute atomic E-state index is 0.0481. The van der Waals surface area contributed by atoms with Gasteiger partial charge < -0.3 is 23.8 Å². The van der Waals surface area contributed by atoms with E-state index in [9.17, 15) is 18.8 Å². The van der Waals surface area contributed by atoms with Crippen LogP contribution in [-0.2, 0) is 24.4 Å². The minimum Gasteiger partial charge on any atom is -0.483 e. The quantitative estimate of drug-likeness (QED) is 0.399. The predicted molar refractivity (Wildman–Crippen MR) is 135 cm³/mol. The number of ether oxygens (including phenoxy) is 2. The van der Waals surface area contributed by atoms with Crippen LogP contribution in [0.5, 0.6) is 5.75 Å². The smallest absolute Gasteiger partial charge is 0.278 e. The van der Waals surface area contributed by atoms with Crippen molar-refractivity contribution >= 4 is 11.4 Å². The summed E-state index contributed by atoms with van der Waals surface area (Å²) in [5, 5.41) is 2.69. The van der Waals surface area contributed by atoms with Gasteiger partial charge in [0.05, 0.1) is 12.6 Å². The lowest BCUT2D eigenvalue weighted by atomic mass is 10.2. The molecule has 2 aromatic heterocycles. The van der Waals surface area contributed by atoms with Gasteiger partial charge in [0.15, 0.2) is 11.3 Å². The zero-order chi connectivity index (χ0) is 25.8. The Balaban J connectivity index is 1.51. The van der Waals surface area contributed by atoms with Crippen molar-refractivity contribution < 1.29 is 18.7 Å². The Hall–Kier alpha value is -4.24. The van der Waals surface area contributed by atoms with Crippen molar-refractivity contribution in [2.75, 3.05) is 6.61 Å². The number of hydrogen-bond donors (Lipinski definition) is 1. The second kappa shape index (κ2) is 10.8. The highest BCUT2D eigenvalue weighted by atomic mass is 19.1. The Bertz CT molecular complexity index is 1520. The first-order valence-electron chi connectivity index (χ1n) is 12.1. The third-order valence-electron chi connectivity index (χ3n) is 6.32. The van der Waals surface area contributed by atoms with Crippen molar-refractivity contribution in [2.24, 2.45) is 0 Å². The van der Waals surface area contributed by atoms with E-state index in [1.165, 1.54) is 27.3 Å². The molecule has 8 nitrogen and oxygen atoms in total. The highest BCUT2D eigenvalue weighted by molar-refractivity contribution is 5.94. The molecule has 1 atom stereocenters. The zero-order valence-corrected chi connectivity index (χ0v) is 20.1. The third-order valence-corrected chi connectivity index (χ3v) is 6.32. The molecule has 0 spiro atoms. The van der Waals surface area contributed by atoms with Crippen LogP contribution in [0, 0.1) is 5.82 Å². The Kier molecular flexibility index (Phi) is 7.14. The van der Waals surface area contributed by atoms with Crippen LogP contribution >= 0.6 is 0 Å². The van der Waals surface area contributed by atoms with Crippen LogP contribution in [0.2, 0.25) is 0 Å². The maximum atomic E-state index is 13.5. The topological polar surface area (TPSA) is 91.0 Å². The highest BCUT2D eigenvalue weighted by Crippen LogP contribution is 2.17. The Morgan fingerprint density at radius 2 is 1.84 bits per heavy atom. The van der Waals surface area contributed by atoms with E-state index < -0.39 is 16.9 Å². The van der Waals surface area contributed by atoms with Crippen molar-refractivity contribution in [3.8, 4) is 5.75 Å². The fourth-order valence-electron chi connectivity index (χ4n) is 4.35. The van der Waals surface area contributed by atoms with Gasteiger partial charge in [-0.05, 0) is 36.1 Å². The SMILES string of the molecule is O=C(NCc1ccc(F)cc1)c1cn2ccn(CC3CCCO3)c(=O)c2c(OCc2ccccc2)c1=O. The Morgan fingerprint density at radius 1 is 1.05 bits per heavy atom. The molecule has 190 valence electrons. The number of hydrogen-bond acceptors (Lipinski definition) is 5. The molecule has 1 N–H and O–H groups in total. The number of rotatable bonds is 8. The first-order valence-corrected chi connectivity index (χ1v) is 12.1. The standard InChI is InChI=1S/C28H26FN3O5/c29-21-10-8-19(9-11-21)15-30-27(34)23-17-31-12-13-32(16-22-7-4-14-36-22)28(35)24(31)26(25(23)33)37-18-20-5-2-1-3-6-20/h1-3,5-6,8-13,17,22H,4,7,14-16,18H2,(H,30,34). The number of pyridine rings is 1. The van der Waals surface area contributed by atoms with Gasteiger partial charge in [-0.15, -0.1) is 0 Å². The molecular formula is C28H26FN3O5. The molecule has 1 unspecified atom stereocenters. The maximum Gasteiger partial charge on any atom is 0.278 e. The fraction of sp³-hybridized carbons (Fsp3) is 0.250. The van der Waals surface area contributed by atoms with E-state index in [1.54, 1.807) is 24.5 Å². The van der Waals surface area contributed by atoms with E-state index >= 15 is 0 Å². The Labute approximate surface area is 211 Å². The molecule has 1 fully saturated rings. The average Bonchev–Trinajstić information content (AvgIpc) is 3.43. The van der Waals surface area contributed by atoms with Crippen molar-refractivity contribution in [3.63, 3.8) is 0 Å². The van der Waals surface area contributed by atoms with Crippen LogP contribution in [0.15, 0.2) is 82.8 Å². The van der Waals surface area contributed by atoms with Gasteiger partial charge in [0.1, 0.15) is 18.0 Å². The van der Waals surface area contributed by atoms with E-state index in [2.05, 4.69) is 5.32 Å². The Morgan fingerprint density at radius 3 is 2.57 bits per heavy atom. The van der Waals surface area contributed by atoms with Crippen LogP contribution in [0.25, 0.3) is 5.52 Å². The molecule has 2 aromatic carbocycles. The maximum absolute atomic E-state index is 13.5. The largest absolute Gasteiger partial charge is 0.483 e. The van der Waals surface area contributed by atoms with Gasteiger partial charge in [-0.25, -0.2) is 4.39 Å². The molecular weight excluding hydrogens is 477 g/mol. The number of amides is 1. The lowest BCUT2D eigenvalue weighted by Crippen LogP contribution is -2.33. The molecule has 0 saturated carbocycles. The van der Waals surface area contributed by atoms with Gasteiger partial charge in [0.25, 0.3) is 11.5 Å². The lowest BCUT2D eigenvalue weighted by Gasteiger charge is -2.16. The molecule has 1 aliphatic rings. The summed E-state index contributed by atoms with van der Waals surface area (Å²) in [4.78, 5) is 39.9. The lowest BCUT2D eigenvalue weighted by molar-refractivity contribution is 0.0948. The molecule has 1 aliphatic heterocycles. The highest BCUT2D eigenvalue weighted by Gasteiger charge is 2.22. The van der Waals surface area contributed by atoms with Crippen molar-refractivity contribution in [3.05, 3.63) is 116 Å². The predicted octanol–water partition coefficient (Wildman–Crippen LogP) is 3.29. The van der Waals surface area contributed by atoms with Gasteiger partial charge in [-0.2, -0.15) is 0 Å². The summed E-state index contributed by atoms with van der Waals surface area (Å²) in [5.74, 6) is -1.20. The first kappa shape index (κ1) is 24.5. The molecule has 0 bridgehead atoms. The molecule has 9 heteroatoms. The monoisotopic (exact) mass is 503 g/mol. The summed E-state index contributed by atoms with van der Waals surface area (Å²) in [6.07, 6.45) is 6.30. The summed E-state index contributed by atoms with van der Waals surface area (Å²) in [7, 11) is 0. The summed E-state index contributed by atoms with van der Waals surface area (Å²) >= 11 is 0. The molecule has 0 aliphatic carbocycles. The summed E-state index contributed by atoms with van der Waals surface area (Å²) in [6.45, 7) is 1.17. The molecule has 3 heterocycles. The number of fused-ring (bicyclic) bond motifs is 1. The summed E-state index contributed by atoms with van der Waals surface area (Å²) in [6, 6.07) is 14.9. The molecule has 4 aromatic rings. The minimum atomic E-state index is -0.681. The van der Waals surface area contributed by atoms with Gasteiger partial charge in [0.2, 0.25) is 5.43 Å². The van der Waals surface area contributed by atoms with Gasteiger partial charge in [0, 0.05) is 31.7 Å². The van der Waals surface area contributed by atoms with E-state index in [0.29, 0.717) is 18.7 Å². The number of aromatic nitrogens is 2. The van der Waals surface area contributed by atoms with Crippen LogP contribution in [0.1, 0.15) is 34.3 Å². The molecule has 5 rings (SSSR count). The van der Waals surface area contributed by atoms with E-state index in [-0.39, 0.29) is 41.9 Å². The van der Waals surface area contributed by atoms with E-state index in [1.807, 2.05) is 30.3 Å². The second-order valence-corrected chi connectivity index (χ2v) is 8.93. The third kappa shape index (κ3) is 5.46. The number of nitrogens with one attached hydrogen (secondary N) is 1. The van der Waals surface area contributed by atoms with Gasteiger partial charge in [-0.1, -0.05) is 42.5 Å². The van der Waals surface area contributed by atoms with Crippen LogP contribution in [0.4, 0.5) is 4.39 Å². The number of nitrogens with zero attached hydrogens (tertiary/aromatic N) is 2. The van der Waals surface area contributed by atoms with E-state index in [0.717, 1.165) is 18.4 Å². The molecule has 1 amide bonds. The number of benzene rings is 2. The van der Waals surface area contributed by atoms with Crippen molar-refractivity contribution in [1.29, 1.82) is 0 Å². The zero-order valence-electron chi connectivity index (χ0n) is 20.1. The van der Waals surface area contributed by atoms with Crippen LogP contribution < -0.4 is 21.0 Å². The number of carbonyl (C=O) groups excluding carboxylic acids is 1. The molecule has 0 radical (unpaired) electrons. The van der Waals surface area contributed by atoms with Crippen LogP contribution in [0.3, 0.4) is 0 Å². The number of halogens is 1. The normalized spacial score (nSPS) is 15.1. The van der Waals surface area contributed by atoms with E-state index in [4.69, 9.17) is 9.47 Å². The van der Waals surface area contributed by atoms with Crippen LogP contribution in [-0.4, -0.2) is 27.6 Å². The van der Waals surface area contributed by atoms with Crippen molar-refractivity contribution in [1.82, 2.24) is 14.3 Å².